The second-order valence-corrected chi connectivity index (χ2v) is 14.8. The number of rotatable bonds is 18. The topological polar surface area (TPSA) is 107 Å². The maximum Gasteiger partial charge on any atom is 0.481 e. The Morgan fingerprint density at radius 2 is 1.80 bits per heavy atom. The Morgan fingerprint density at radius 1 is 1.07 bits per heavy atom. The molecule has 2 N–H and O–H groups in total. The number of Topliss-reactive ketones (excluding diaryl/α,β-unsaturated/α-hetero) is 1. The van der Waals surface area contributed by atoms with Gasteiger partial charge in [-0.2, -0.15) is 0 Å². The molecule has 3 aliphatic carbocycles. The van der Waals surface area contributed by atoms with Crippen LogP contribution in [0.1, 0.15) is 129 Å². The van der Waals surface area contributed by atoms with Crippen LogP contribution in [-0.2, 0) is 18.9 Å². The van der Waals surface area contributed by atoms with Crippen LogP contribution in [0.5, 0.6) is 0 Å². The number of nitrogens with one attached hydrogen (secondary N) is 2. The Hall–Kier alpha value is -2.26. The van der Waals surface area contributed by atoms with Gasteiger partial charge < -0.3 is 19.9 Å². The van der Waals surface area contributed by atoms with Gasteiger partial charge in [-0.15, -0.1) is 0 Å². The fourth-order valence-electron chi connectivity index (χ4n) is 7.85. The molecule has 5 rings (SSSR count). The van der Waals surface area contributed by atoms with Crippen LogP contribution in [0.15, 0.2) is 24.5 Å². The fraction of sp³-hybridized carbons (Fsp3) is 0.771. The van der Waals surface area contributed by atoms with E-state index in [0.717, 1.165) is 32.1 Å². The first-order valence-electron chi connectivity index (χ1n) is 17.3. The van der Waals surface area contributed by atoms with E-state index in [9.17, 15) is 14.4 Å². The average Bonchev–Trinajstić information content (AvgIpc) is 3.35. The molecule has 2 amide bonds. The van der Waals surface area contributed by atoms with Gasteiger partial charge in [0.1, 0.15) is 5.78 Å². The molecule has 0 spiro atoms. The van der Waals surface area contributed by atoms with Crippen LogP contribution >= 0.6 is 0 Å². The largest absolute Gasteiger partial charge is 0.481 e. The first-order chi connectivity index (χ1) is 21.0. The lowest BCUT2D eigenvalue weighted by Gasteiger charge is -2.64. The number of hydrogen-bond acceptors (Lipinski definition) is 6. The summed E-state index contributed by atoms with van der Waals surface area (Å²) in [5.74, 6) is -0.157. The third-order valence-electron chi connectivity index (χ3n) is 10.7. The van der Waals surface area contributed by atoms with E-state index in [-0.39, 0.29) is 53.6 Å². The summed E-state index contributed by atoms with van der Waals surface area (Å²) in [4.78, 5) is 43.8. The van der Waals surface area contributed by atoms with Gasteiger partial charge in [-0.1, -0.05) is 73.1 Å². The van der Waals surface area contributed by atoms with Crippen LogP contribution in [0.25, 0.3) is 0 Å². The lowest BCUT2D eigenvalue weighted by molar-refractivity contribution is -0.199. The molecule has 1 aromatic heterocycles. The minimum atomic E-state index is -0.687. The molecule has 3 saturated carbocycles. The maximum absolute atomic E-state index is 13.9. The summed E-state index contributed by atoms with van der Waals surface area (Å²) in [6.07, 6.45) is 14.4. The molecule has 4 aliphatic rings. The number of pyridine rings is 1. The first-order valence-corrected chi connectivity index (χ1v) is 17.3. The molecular formula is C35H56BN3O5. The number of hydrogen-bond donors (Lipinski definition) is 2. The number of ketones is 1. The first kappa shape index (κ1) is 34.6. The van der Waals surface area contributed by atoms with Crippen molar-refractivity contribution in [1.29, 1.82) is 0 Å². The van der Waals surface area contributed by atoms with Gasteiger partial charge >= 0.3 is 7.12 Å². The Kier molecular flexibility index (Phi) is 12.1. The summed E-state index contributed by atoms with van der Waals surface area (Å²) in [7, 11) is -0.541. The van der Waals surface area contributed by atoms with E-state index < -0.39 is 13.0 Å². The number of carbonyl (C=O) groups excluding carboxylic acids is 3. The number of carbonyl (C=O) groups is 3. The third kappa shape index (κ3) is 8.31. The van der Waals surface area contributed by atoms with Crippen molar-refractivity contribution in [2.75, 3.05) is 6.54 Å². The van der Waals surface area contributed by atoms with Crippen LogP contribution in [-0.4, -0.2) is 53.9 Å². The van der Waals surface area contributed by atoms with Gasteiger partial charge in [0.2, 0.25) is 5.91 Å². The highest BCUT2D eigenvalue weighted by molar-refractivity contribution is 6.47. The van der Waals surface area contributed by atoms with Crippen molar-refractivity contribution >= 4 is 24.7 Å². The molecule has 9 heteroatoms. The van der Waals surface area contributed by atoms with E-state index in [1.165, 1.54) is 31.9 Å². The Morgan fingerprint density at radius 3 is 2.45 bits per heavy atom. The molecule has 1 aliphatic heterocycles. The summed E-state index contributed by atoms with van der Waals surface area (Å²) in [6, 6.07) is 3.38. The SMILES string of the molecule is CCCCCCCCCC(=O)C[C@@H](CNC(=O)c1cccnc1)C(=O)N[C@@H](CC(C)C)B1O[C@@H]2C[C@@H]3C[C@@H](C3(C)C)[C@]2(C)O1. The van der Waals surface area contributed by atoms with Crippen molar-refractivity contribution in [3.63, 3.8) is 0 Å². The Balaban J connectivity index is 1.40. The van der Waals surface area contributed by atoms with E-state index in [0.29, 0.717) is 36.2 Å². The van der Waals surface area contributed by atoms with Gasteiger partial charge in [0.05, 0.1) is 29.1 Å². The summed E-state index contributed by atoms with van der Waals surface area (Å²) >= 11 is 0. The molecule has 6 atom stereocenters. The predicted molar refractivity (Wildman–Crippen MR) is 174 cm³/mol. The normalized spacial score (nSPS) is 26.4. The molecule has 0 aromatic carbocycles. The van der Waals surface area contributed by atoms with E-state index in [4.69, 9.17) is 9.31 Å². The maximum atomic E-state index is 13.9. The quantitative estimate of drug-likeness (QED) is 0.149. The molecule has 2 heterocycles. The zero-order chi connectivity index (χ0) is 31.9. The van der Waals surface area contributed by atoms with Crippen LogP contribution in [0.3, 0.4) is 0 Å². The number of nitrogens with zero attached hydrogens (tertiary/aromatic N) is 1. The molecule has 244 valence electrons. The fourth-order valence-corrected chi connectivity index (χ4v) is 7.85. The molecule has 0 unspecified atom stereocenters. The van der Waals surface area contributed by atoms with Crippen molar-refractivity contribution in [1.82, 2.24) is 15.6 Å². The van der Waals surface area contributed by atoms with Crippen molar-refractivity contribution in [3.8, 4) is 0 Å². The van der Waals surface area contributed by atoms with Gasteiger partial charge in [0, 0.05) is 31.8 Å². The van der Waals surface area contributed by atoms with Gasteiger partial charge in [-0.3, -0.25) is 19.4 Å². The molecule has 0 radical (unpaired) electrons. The van der Waals surface area contributed by atoms with Crippen molar-refractivity contribution in [2.45, 2.75) is 136 Å². The summed E-state index contributed by atoms with van der Waals surface area (Å²) in [5, 5.41) is 6.10. The minimum Gasteiger partial charge on any atom is -0.404 e. The third-order valence-corrected chi connectivity index (χ3v) is 10.7. The molecule has 1 aromatic rings. The standard InChI is InChI=1S/C35H56BN3O5/c1-7-8-9-10-11-12-13-16-28(40)19-26(23-38-32(41)25-15-14-17-37-22-25)33(42)39-31(18-24(2)3)36-43-30-21-27-20-29(34(27,4)5)35(30,6)44-36/h14-15,17,22,24,26-27,29-31H,7-13,16,18-21,23H2,1-6H3,(H,38,41)(H,39,42)/t26-,27-,29-,30+,31-,35-/m0/s1. The van der Waals surface area contributed by atoms with Crippen LogP contribution in [0, 0.1) is 29.1 Å². The van der Waals surface area contributed by atoms with Gasteiger partial charge in [-0.05, 0) is 67.9 Å². The zero-order valence-corrected chi connectivity index (χ0v) is 28.0. The summed E-state index contributed by atoms with van der Waals surface area (Å²) in [5.41, 5.74) is 0.281. The predicted octanol–water partition coefficient (Wildman–Crippen LogP) is 6.33. The van der Waals surface area contributed by atoms with Crippen molar-refractivity contribution in [2.24, 2.45) is 29.1 Å². The van der Waals surface area contributed by atoms with Crippen molar-refractivity contribution in [3.05, 3.63) is 30.1 Å². The highest BCUT2D eigenvalue weighted by Gasteiger charge is 2.68. The number of amides is 2. The molecule has 1 saturated heterocycles. The van der Waals surface area contributed by atoms with E-state index >= 15 is 0 Å². The van der Waals surface area contributed by atoms with Crippen LogP contribution < -0.4 is 10.6 Å². The lowest BCUT2D eigenvalue weighted by atomic mass is 9.43. The van der Waals surface area contributed by atoms with E-state index in [2.05, 4.69) is 57.2 Å². The molecule has 4 fully saturated rings. The number of aromatic nitrogens is 1. The summed E-state index contributed by atoms with van der Waals surface area (Å²) < 4.78 is 13.3. The molecule has 44 heavy (non-hydrogen) atoms. The van der Waals surface area contributed by atoms with Gasteiger partial charge in [0.25, 0.3) is 5.91 Å². The highest BCUT2D eigenvalue weighted by Crippen LogP contribution is 2.65. The Labute approximate surface area is 265 Å². The minimum absolute atomic E-state index is 0.0222. The second kappa shape index (κ2) is 15.4. The molecular weight excluding hydrogens is 553 g/mol. The highest BCUT2D eigenvalue weighted by atomic mass is 16.7. The van der Waals surface area contributed by atoms with E-state index in [1.807, 2.05) is 0 Å². The zero-order valence-electron chi connectivity index (χ0n) is 28.0. The van der Waals surface area contributed by atoms with Gasteiger partial charge in [-0.25, -0.2) is 0 Å². The lowest BCUT2D eigenvalue weighted by Crippen LogP contribution is -2.65. The number of unbranched alkanes of at least 4 members (excludes halogenated alkanes) is 6. The average molecular weight is 610 g/mol. The molecule has 8 nitrogen and oxygen atoms in total. The van der Waals surface area contributed by atoms with Crippen LogP contribution in [0.2, 0.25) is 0 Å². The Bertz CT molecular complexity index is 1110. The second-order valence-electron chi connectivity index (χ2n) is 14.8. The summed E-state index contributed by atoms with van der Waals surface area (Å²) in [6.45, 7) is 13.4. The smallest absolute Gasteiger partial charge is 0.404 e. The van der Waals surface area contributed by atoms with Crippen LogP contribution in [0.4, 0.5) is 0 Å². The van der Waals surface area contributed by atoms with E-state index in [1.54, 1.807) is 18.3 Å². The van der Waals surface area contributed by atoms with Crippen molar-refractivity contribution < 1.29 is 23.7 Å². The molecule has 2 bridgehead atoms. The monoisotopic (exact) mass is 609 g/mol. The van der Waals surface area contributed by atoms with Gasteiger partial charge in [0.15, 0.2) is 0 Å².